The van der Waals surface area contributed by atoms with E-state index in [1.807, 2.05) is 60.9 Å². The van der Waals surface area contributed by atoms with Crippen LogP contribution in [-0.2, 0) is 0 Å². The van der Waals surface area contributed by atoms with Crippen molar-refractivity contribution in [1.29, 1.82) is 0 Å². The molecule has 0 aromatic carbocycles. The summed E-state index contributed by atoms with van der Waals surface area (Å²) in [6.45, 7) is 16.6. The molecule has 0 spiro atoms. The molecule has 4 N–H and O–H groups in total. The second kappa shape index (κ2) is 18.5. The van der Waals surface area contributed by atoms with E-state index >= 15 is 0 Å². The summed E-state index contributed by atoms with van der Waals surface area (Å²) in [5.41, 5.74) is 1.05. The van der Waals surface area contributed by atoms with Crippen LogP contribution < -0.4 is 5.32 Å². The highest BCUT2D eigenvalue weighted by molar-refractivity contribution is 7.98. The van der Waals surface area contributed by atoms with Crippen LogP contribution in [0, 0.1) is 6.92 Å². The maximum Gasteiger partial charge on any atom is 0.189 e. The first-order valence-corrected chi connectivity index (χ1v) is 11.2. The molecule has 1 aliphatic rings. The molecule has 0 saturated heterocycles. The number of aromatic nitrogens is 2. The van der Waals surface area contributed by atoms with Gasteiger partial charge in [-0.1, -0.05) is 53.3 Å². The van der Waals surface area contributed by atoms with Gasteiger partial charge in [0, 0.05) is 17.8 Å². The van der Waals surface area contributed by atoms with E-state index in [2.05, 4.69) is 15.3 Å². The Morgan fingerprint density at radius 2 is 1.56 bits per heavy atom. The molecule has 1 aromatic rings. The highest BCUT2D eigenvalue weighted by Crippen LogP contribution is 2.24. The van der Waals surface area contributed by atoms with Gasteiger partial charge in [-0.15, -0.1) is 0 Å². The number of nitrogens with one attached hydrogen (secondary N) is 1. The number of aliphatic hydroxyl groups excluding tert-OH is 1. The Balaban J connectivity index is -0.000000443. The number of nitrogens with zero attached hydrogens (tertiary/aromatic N) is 2. The van der Waals surface area contributed by atoms with Crippen LogP contribution in [0.5, 0.6) is 0 Å². The number of anilines is 1. The molecule has 27 heavy (non-hydrogen) atoms. The van der Waals surface area contributed by atoms with Crippen molar-refractivity contribution in [2.45, 2.75) is 105 Å². The van der Waals surface area contributed by atoms with Crippen molar-refractivity contribution in [2.24, 2.45) is 0 Å². The number of rotatable bonds is 3. The van der Waals surface area contributed by atoms with Gasteiger partial charge in [0.25, 0.3) is 0 Å². The highest BCUT2D eigenvalue weighted by Gasteiger charge is 2.23. The molecule has 2 rings (SSSR count). The van der Waals surface area contributed by atoms with Gasteiger partial charge in [0.1, 0.15) is 5.82 Å². The van der Waals surface area contributed by atoms with E-state index in [4.69, 9.17) is 10.2 Å². The third kappa shape index (κ3) is 18.2. The summed E-state index contributed by atoms with van der Waals surface area (Å²) in [4.78, 5) is 8.65. The average Bonchev–Trinajstić information content (AvgIpc) is 3.05. The van der Waals surface area contributed by atoms with E-state index in [1.165, 1.54) is 25.6 Å². The third-order valence-electron chi connectivity index (χ3n) is 2.88. The Labute approximate surface area is 171 Å². The molecule has 7 heteroatoms. The Hall–Kier alpha value is -0.890. The van der Waals surface area contributed by atoms with Crippen LogP contribution in [0.4, 0.5) is 5.82 Å². The van der Waals surface area contributed by atoms with Crippen molar-refractivity contribution < 1.29 is 15.3 Å². The highest BCUT2D eigenvalue weighted by atomic mass is 32.2. The fraction of sp³-hybridized carbons (Fsp3) is 0.800. The number of aliphatic hydroxyl groups is 3. The van der Waals surface area contributed by atoms with Gasteiger partial charge in [-0.25, -0.2) is 9.97 Å². The third-order valence-corrected chi connectivity index (χ3v) is 3.44. The maximum absolute atomic E-state index is 9.47. The average molecular weight is 406 g/mol. The zero-order chi connectivity index (χ0) is 22.0. The molecular formula is C20H43N3O3S. The fourth-order valence-electron chi connectivity index (χ4n) is 1.95. The van der Waals surface area contributed by atoms with Crippen molar-refractivity contribution in [1.82, 2.24) is 9.97 Å². The van der Waals surface area contributed by atoms with Gasteiger partial charge in [0.2, 0.25) is 0 Å². The summed E-state index contributed by atoms with van der Waals surface area (Å²) in [6, 6.07) is 0.346. The zero-order valence-corrected chi connectivity index (χ0v) is 19.8. The van der Waals surface area contributed by atoms with E-state index in [0.717, 1.165) is 35.8 Å². The Morgan fingerprint density at radius 3 is 1.93 bits per heavy atom. The van der Waals surface area contributed by atoms with Gasteiger partial charge >= 0.3 is 0 Å². The fourth-order valence-corrected chi connectivity index (χ4v) is 2.29. The molecule has 0 amide bonds. The molecule has 1 aromatic heterocycles. The number of hydrogen-bond acceptors (Lipinski definition) is 7. The molecule has 0 radical (unpaired) electrons. The predicted molar refractivity (Wildman–Crippen MR) is 118 cm³/mol. The van der Waals surface area contributed by atoms with E-state index < -0.39 is 5.79 Å². The maximum atomic E-state index is 9.47. The summed E-state index contributed by atoms with van der Waals surface area (Å²) in [5, 5.41) is 29.8. The summed E-state index contributed by atoms with van der Waals surface area (Å²) in [5.74, 6) is -0.599. The summed E-state index contributed by atoms with van der Waals surface area (Å²) in [6.07, 6.45) is 6.37. The van der Waals surface area contributed by atoms with Gasteiger partial charge in [0.05, 0.1) is 6.10 Å². The minimum Gasteiger partial charge on any atom is -0.393 e. The van der Waals surface area contributed by atoms with Crippen LogP contribution in [0.15, 0.2) is 11.4 Å². The topological polar surface area (TPSA) is 98.5 Å². The van der Waals surface area contributed by atoms with Gasteiger partial charge in [0.15, 0.2) is 10.9 Å². The molecule has 2 unspecified atom stereocenters. The van der Waals surface area contributed by atoms with Crippen LogP contribution >= 0.6 is 11.8 Å². The number of aryl methyl sites for hydroxylation is 1. The van der Waals surface area contributed by atoms with Gasteiger partial charge in [-0.3, -0.25) is 0 Å². The molecule has 2 atom stereocenters. The predicted octanol–water partition coefficient (Wildman–Crippen LogP) is 4.62. The van der Waals surface area contributed by atoms with Crippen LogP contribution in [0.3, 0.4) is 0 Å². The molecule has 162 valence electrons. The number of thioether (sulfide) groups is 1. The van der Waals surface area contributed by atoms with Crippen LogP contribution in [0.2, 0.25) is 0 Å². The Morgan fingerprint density at radius 1 is 1.07 bits per heavy atom. The molecule has 0 aliphatic heterocycles. The lowest BCUT2D eigenvalue weighted by Crippen LogP contribution is -2.18. The van der Waals surface area contributed by atoms with Crippen molar-refractivity contribution in [3.05, 3.63) is 11.8 Å². The van der Waals surface area contributed by atoms with E-state index in [1.54, 1.807) is 0 Å². The molecule has 1 fully saturated rings. The summed E-state index contributed by atoms with van der Waals surface area (Å²) >= 11 is 1.54. The normalized spacial score (nSPS) is 17.5. The first kappa shape index (κ1) is 30.8. The summed E-state index contributed by atoms with van der Waals surface area (Å²) in [7, 11) is 0. The molecule has 1 heterocycles. The molecule has 0 bridgehead atoms. The monoisotopic (exact) mass is 405 g/mol. The van der Waals surface area contributed by atoms with E-state index in [9.17, 15) is 5.11 Å². The molecule has 6 nitrogen and oxygen atoms in total. The molecule has 1 saturated carbocycles. The lowest BCUT2D eigenvalue weighted by molar-refractivity contribution is -0.127. The van der Waals surface area contributed by atoms with Gasteiger partial charge in [-0.05, 0) is 46.3 Å². The quantitative estimate of drug-likeness (QED) is 0.331. The second-order valence-corrected chi connectivity index (χ2v) is 6.46. The Kier molecular flexibility index (Phi) is 21.1. The Bertz CT molecular complexity index is 449. The minimum atomic E-state index is -1.50. The van der Waals surface area contributed by atoms with Crippen molar-refractivity contribution in [3.63, 3.8) is 0 Å². The summed E-state index contributed by atoms with van der Waals surface area (Å²) < 4.78 is 0. The lowest BCUT2D eigenvalue weighted by Gasteiger charge is -2.14. The zero-order valence-electron chi connectivity index (χ0n) is 19.0. The van der Waals surface area contributed by atoms with Crippen molar-refractivity contribution >= 4 is 17.6 Å². The van der Waals surface area contributed by atoms with Crippen LogP contribution in [0.1, 0.15) is 80.2 Å². The van der Waals surface area contributed by atoms with Crippen molar-refractivity contribution in [3.8, 4) is 0 Å². The molecule has 1 aliphatic carbocycles. The standard InChI is InChI=1S/C11H17N3OS.C3H8O2.3C2H6/c1-7-6-12-11(16-2)14-10(7)13-8-3-4-9(15)5-8;1-3(2,4)5;3*1-2/h6,8-9,15H,3-5H2,1-2H3,(H,12,13,14);4-5H,1-2H3;3*1-2H3. The molecular weight excluding hydrogens is 362 g/mol. The first-order chi connectivity index (χ1) is 12.7. The van der Waals surface area contributed by atoms with Gasteiger partial charge in [-0.2, -0.15) is 0 Å². The van der Waals surface area contributed by atoms with Crippen molar-refractivity contribution in [2.75, 3.05) is 11.6 Å². The largest absolute Gasteiger partial charge is 0.393 e. The first-order valence-electron chi connectivity index (χ1n) is 9.96. The van der Waals surface area contributed by atoms with E-state index in [0.29, 0.717) is 6.04 Å². The lowest BCUT2D eigenvalue weighted by atomic mass is 10.2. The van der Waals surface area contributed by atoms with Crippen LogP contribution in [0.25, 0.3) is 0 Å². The smallest absolute Gasteiger partial charge is 0.189 e. The van der Waals surface area contributed by atoms with E-state index in [-0.39, 0.29) is 6.10 Å². The second-order valence-electron chi connectivity index (χ2n) is 5.69. The van der Waals surface area contributed by atoms with Crippen LogP contribution in [-0.4, -0.2) is 49.5 Å². The SMILES string of the molecule is CC.CC.CC.CC(C)(O)O.CSc1ncc(C)c(NC2CCC(O)C2)n1. The van der Waals surface area contributed by atoms with Gasteiger partial charge < -0.3 is 20.6 Å². The minimum absolute atomic E-state index is 0.153. The number of hydrogen-bond donors (Lipinski definition) is 4.